The van der Waals surface area contributed by atoms with Gasteiger partial charge in [-0.15, -0.1) is 10.2 Å². The highest BCUT2D eigenvalue weighted by molar-refractivity contribution is 5.91. The Labute approximate surface area is 155 Å². The molecule has 0 aliphatic carbocycles. The van der Waals surface area contributed by atoms with Crippen LogP contribution in [0.25, 0.3) is 11.4 Å². The number of fused-ring (bicyclic) bond motifs is 1. The van der Waals surface area contributed by atoms with E-state index in [1.54, 1.807) is 18.2 Å². The number of aryl methyl sites for hydroxylation is 1. The van der Waals surface area contributed by atoms with Crippen molar-refractivity contribution in [2.24, 2.45) is 0 Å². The minimum absolute atomic E-state index is 0.0761. The number of hydrogen-bond donors (Lipinski definition) is 1. The van der Waals surface area contributed by atoms with E-state index in [4.69, 9.17) is 4.52 Å². The minimum atomic E-state index is -0.296. The number of rotatable bonds is 4. The van der Waals surface area contributed by atoms with Gasteiger partial charge in [-0.2, -0.15) is 0 Å². The highest BCUT2D eigenvalue weighted by atomic mass is 19.1. The lowest BCUT2D eigenvalue weighted by molar-refractivity contribution is 0.0890. The Morgan fingerprint density at radius 1 is 1.30 bits per heavy atom. The van der Waals surface area contributed by atoms with E-state index in [9.17, 15) is 9.18 Å². The standard InChI is InChI=1S/C19H20FN5O2/c1-11(2)15-9-16(27-24-15)19(26)21-14-7-8-17-22-23-18(25(17)10-14)12-3-5-13(20)6-4-12/h3-6,9,11,14H,7-8,10H2,1-2H3,(H,21,26). The van der Waals surface area contributed by atoms with Gasteiger partial charge in [-0.25, -0.2) is 4.39 Å². The number of carbonyl (C=O) groups excluding carboxylic acids is 1. The molecule has 0 spiro atoms. The SMILES string of the molecule is CC(C)c1cc(C(=O)NC2CCc3nnc(-c4ccc(F)cc4)n3C2)on1. The number of nitrogens with zero attached hydrogens (tertiary/aromatic N) is 4. The second-order valence-corrected chi connectivity index (χ2v) is 7.04. The molecule has 1 aliphatic heterocycles. The van der Waals surface area contributed by atoms with Gasteiger partial charge in [-0.1, -0.05) is 19.0 Å². The molecule has 1 unspecified atom stereocenters. The summed E-state index contributed by atoms with van der Waals surface area (Å²) in [7, 11) is 0. The van der Waals surface area contributed by atoms with Crippen molar-refractivity contribution in [2.75, 3.05) is 0 Å². The van der Waals surface area contributed by atoms with Gasteiger partial charge in [-0.3, -0.25) is 4.79 Å². The predicted molar refractivity (Wildman–Crippen MR) is 95.6 cm³/mol. The molecule has 4 rings (SSSR count). The third-order valence-electron chi connectivity index (χ3n) is 4.73. The van der Waals surface area contributed by atoms with Crippen molar-refractivity contribution < 1.29 is 13.7 Å². The van der Waals surface area contributed by atoms with Crippen LogP contribution in [0.2, 0.25) is 0 Å². The topological polar surface area (TPSA) is 85.8 Å². The summed E-state index contributed by atoms with van der Waals surface area (Å²) in [5, 5.41) is 15.4. The molecule has 3 heterocycles. The van der Waals surface area contributed by atoms with Crippen LogP contribution in [-0.2, 0) is 13.0 Å². The second-order valence-electron chi connectivity index (χ2n) is 7.04. The molecule has 1 aromatic carbocycles. The summed E-state index contributed by atoms with van der Waals surface area (Å²) in [4.78, 5) is 12.5. The van der Waals surface area contributed by atoms with E-state index in [1.165, 1.54) is 12.1 Å². The molecule has 140 valence electrons. The lowest BCUT2D eigenvalue weighted by Crippen LogP contribution is -2.41. The Kier molecular flexibility index (Phi) is 4.47. The minimum Gasteiger partial charge on any atom is -0.351 e. The fraction of sp³-hybridized carbons (Fsp3) is 0.368. The summed E-state index contributed by atoms with van der Waals surface area (Å²) < 4.78 is 20.3. The fourth-order valence-corrected chi connectivity index (χ4v) is 3.18. The monoisotopic (exact) mass is 369 g/mol. The smallest absolute Gasteiger partial charge is 0.290 e. The number of carbonyl (C=O) groups is 1. The summed E-state index contributed by atoms with van der Waals surface area (Å²) in [6.45, 7) is 4.53. The molecule has 0 bridgehead atoms. The van der Waals surface area contributed by atoms with Crippen LogP contribution in [0.1, 0.15) is 48.3 Å². The van der Waals surface area contributed by atoms with E-state index < -0.39 is 0 Å². The third kappa shape index (κ3) is 3.47. The number of amides is 1. The van der Waals surface area contributed by atoms with Crippen molar-refractivity contribution in [2.45, 2.75) is 45.2 Å². The molecule has 3 aromatic rings. The van der Waals surface area contributed by atoms with Crippen molar-refractivity contribution in [3.8, 4) is 11.4 Å². The predicted octanol–water partition coefficient (Wildman–Crippen LogP) is 2.94. The molecule has 1 amide bonds. The van der Waals surface area contributed by atoms with Gasteiger partial charge < -0.3 is 14.4 Å². The van der Waals surface area contributed by atoms with Crippen LogP contribution in [0, 0.1) is 5.82 Å². The van der Waals surface area contributed by atoms with Crippen LogP contribution in [0.5, 0.6) is 0 Å². The van der Waals surface area contributed by atoms with Crippen molar-refractivity contribution in [3.63, 3.8) is 0 Å². The van der Waals surface area contributed by atoms with Crippen LogP contribution < -0.4 is 5.32 Å². The van der Waals surface area contributed by atoms with Crippen LogP contribution >= 0.6 is 0 Å². The molecule has 1 aliphatic rings. The summed E-state index contributed by atoms with van der Waals surface area (Å²) in [6, 6.07) is 7.75. The maximum Gasteiger partial charge on any atom is 0.290 e. The van der Waals surface area contributed by atoms with E-state index in [2.05, 4.69) is 20.7 Å². The second kappa shape index (κ2) is 6.94. The van der Waals surface area contributed by atoms with E-state index in [0.29, 0.717) is 18.8 Å². The van der Waals surface area contributed by atoms with Gasteiger partial charge in [0.05, 0.1) is 5.69 Å². The van der Waals surface area contributed by atoms with E-state index in [1.807, 2.05) is 18.4 Å². The Morgan fingerprint density at radius 2 is 2.07 bits per heavy atom. The van der Waals surface area contributed by atoms with Crippen LogP contribution in [0.15, 0.2) is 34.9 Å². The lowest BCUT2D eigenvalue weighted by atomic mass is 10.1. The quantitative estimate of drug-likeness (QED) is 0.764. The molecule has 2 aromatic heterocycles. The maximum atomic E-state index is 13.2. The molecule has 0 saturated heterocycles. The Bertz CT molecular complexity index is 961. The van der Waals surface area contributed by atoms with Crippen LogP contribution in [-0.4, -0.2) is 31.9 Å². The number of aromatic nitrogens is 4. The van der Waals surface area contributed by atoms with Gasteiger partial charge in [0.15, 0.2) is 5.82 Å². The first-order chi connectivity index (χ1) is 13.0. The molecule has 0 radical (unpaired) electrons. The number of halogens is 1. The van der Waals surface area contributed by atoms with Gasteiger partial charge in [0, 0.05) is 30.6 Å². The molecule has 0 saturated carbocycles. The van der Waals surface area contributed by atoms with Gasteiger partial charge >= 0.3 is 0 Å². The normalized spacial score (nSPS) is 16.4. The maximum absolute atomic E-state index is 13.2. The van der Waals surface area contributed by atoms with Gasteiger partial charge in [0.2, 0.25) is 5.76 Å². The van der Waals surface area contributed by atoms with E-state index >= 15 is 0 Å². The summed E-state index contributed by atoms with van der Waals surface area (Å²) in [5.74, 6) is 1.37. The van der Waals surface area contributed by atoms with Crippen molar-refractivity contribution in [1.82, 2.24) is 25.2 Å². The molecule has 1 atom stereocenters. The van der Waals surface area contributed by atoms with Gasteiger partial charge in [0.25, 0.3) is 5.91 Å². The first-order valence-electron chi connectivity index (χ1n) is 8.96. The average molecular weight is 369 g/mol. The zero-order valence-electron chi connectivity index (χ0n) is 15.1. The molecule has 0 fully saturated rings. The Hall–Kier alpha value is -3.03. The average Bonchev–Trinajstić information content (AvgIpc) is 3.29. The highest BCUT2D eigenvalue weighted by Crippen LogP contribution is 2.23. The lowest BCUT2D eigenvalue weighted by Gasteiger charge is -2.24. The first-order valence-corrected chi connectivity index (χ1v) is 8.96. The third-order valence-corrected chi connectivity index (χ3v) is 4.73. The van der Waals surface area contributed by atoms with Gasteiger partial charge in [-0.05, 0) is 36.6 Å². The van der Waals surface area contributed by atoms with Crippen LogP contribution in [0.4, 0.5) is 4.39 Å². The molecule has 7 nitrogen and oxygen atoms in total. The molecular weight excluding hydrogens is 349 g/mol. The zero-order chi connectivity index (χ0) is 19.0. The van der Waals surface area contributed by atoms with Crippen molar-refractivity contribution >= 4 is 5.91 Å². The fourth-order valence-electron chi connectivity index (χ4n) is 3.18. The van der Waals surface area contributed by atoms with Crippen molar-refractivity contribution in [3.05, 3.63) is 53.4 Å². The molecule has 1 N–H and O–H groups in total. The first kappa shape index (κ1) is 17.4. The van der Waals surface area contributed by atoms with E-state index in [0.717, 1.165) is 23.5 Å². The molecule has 8 heteroatoms. The number of nitrogens with one attached hydrogen (secondary N) is 1. The molecule has 27 heavy (non-hydrogen) atoms. The highest BCUT2D eigenvalue weighted by Gasteiger charge is 2.26. The summed E-state index contributed by atoms with van der Waals surface area (Å²) in [5.41, 5.74) is 1.54. The Morgan fingerprint density at radius 3 is 2.78 bits per heavy atom. The zero-order valence-corrected chi connectivity index (χ0v) is 15.1. The Balaban J connectivity index is 1.50. The van der Waals surface area contributed by atoms with Crippen LogP contribution in [0.3, 0.4) is 0 Å². The van der Waals surface area contributed by atoms with Crippen molar-refractivity contribution in [1.29, 1.82) is 0 Å². The number of hydrogen-bond acceptors (Lipinski definition) is 5. The summed E-state index contributed by atoms with van der Waals surface area (Å²) >= 11 is 0. The summed E-state index contributed by atoms with van der Waals surface area (Å²) in [6.07, 6.45) is 1.46. The van der Waals surface area contributed by atoms with E-state index in [-0.39, 0.29) is 29.4 Å². The largest absolute Gasteiger partial charge is 0.351 e. The van der Waals surface area contributed by atoms with Gasteiger partial charge in [0.1, 0.15) is 11.6 Å². The molecular formula is C19H20FN5O2. The number of benzene rings is 1.